The maximum Gasteiger partial charge on any atom is 0.260 e. The highest BCUT2D eigenvalue weighted by Gasteiger charge is 2.28. The zero-order chi connectivity index (χ0) is 20.0. The first-order chi connectivity index (χ1) is 14.1. The van der Waals surface area contributed by atoms with E-state index in [1.807, 2.05) is 30.3 Å². The Morgan fingerprint density at radius 1 is 0.897 bits per heavy atom. The summed E-state index contributed by atoms with van der Waals surface area (Å²) in [6, 6.07) is 21.0. The van der Waals surface area contributed by atoms with Gasteiger partial charge in [0, 0.05) is 18.6 Å². The van der Waals surface area contributed by atoms with Gasteiger partial charge in [-0.2, -0.15) is 4.98 Å². The lowest BCUT2D eigenvalue weighted by molar-refractivity contribution is 0.397. The molecule has 0 radical (unpaired) electrons. The summed E-state index contributed by atoms with van der Waals surface area (Å²) in [7, 11) is 0. The Balaban J connectivity index is 1.67. The molecule has 1 unspecified atom stereocenters. The lowest BCUT2D eigenvalue weighted by Gasteiger charge is -2.23. The molecule has 5 rings (SSSR count). The van der Waals surface area contributed by atoms with E-state index in [2.05, 4.69) is 41.3 Å². The van der Waals surface area contributed by atoms with Crippen LogP contribution in [0.5, 0.6) is 11.8 Å². The first-order valence-corrected chi connectivity index (χ1v) is 9.36. The molecule has 4 aromatic rings. The Morgan fingerprint density at radius 3 is 2.28 bits per heavy atom. The molecule has 0 bridgehead atoms. The topological polar surface area (TPSA) is 88.5 Å². The number of rotatable bonds is 3. The van der Waals surface area contributed by atoms with E-state index in [0.717, 1.165) is 16.8 Å². The van der Waals surface area contributed by atoms with E-state index in [0.29, 0.717) is 12.4 Å². The largest absolute Gasteiger partial charge is 0.494 e. The van der Waals surface area contributed by atoms with Gasteiger partial charge < -0.3 is 10.2 Å². The summed E-state index contributed by atoms with van der Waals surface area (Å²) in [6.45, 7) is 2.05. The summed E-state index contributed by atoms with van der Waals surface area (Å²) >= 11 is 0. The molecule has 0 saturated heterocycles. The molecule has 0 amide bonds. The van der Waals surface area contributed by atoms with Crippen molar-refractivity contribution in [3.8, 4) is 17.7 Å². The van der Waals surface area contributed by atoms with Crippen molar-refractivity contribution in [2.24, 2.45) is 4.99 Å². The van der Waals surface area contributed by atoms with Crippen molar-refractivity contribution in [3.05, 3.63) is 83.4 Å². The van der Waals surface area contributed by atoms with Gasteiger partial charge in [0.15, 0.2) is 0 Å². The highest BCUT2D eigenvalue weighted by molar-refractivity contribution is 6.02. The highest BCUT2D eigenvalue weighted by atomic mass is 16.3. The smallest absolute Gasteiger partial charge is 0.260 e. The van der Waals surface area contributed by atoms with Crippen LogP contribution in [0.1, 0.15) is 29.2 Å². The number of nitrogens with zero attached hydrogens (tertiary/aromatic N) is 5. The molecule has 144 valence electrons. The van der Waals surface area contributed by atoms with E-state index in [4.69, 9.17) is 4.99 Å². The Hall–Kier alpha value is -3.87. The van der Waals surface area contributed by atoms with Gasteiger partial charge in [0.05, 0.1) is 11.8 Å². The Labute approximate surface area is 167 Å². The van der Waals surface area contributed by atoms with E-state index >= 15 is 0 Å². The van der Waals surface area contributed by atoms with Crippen LogP contribution in [0, 0.1) is 6.92 Å². The average Bonchev–Trinajstić information content (AvgIpc) is 3.30. The summed E-state index contributed by atoms with van der Waals surface area (Å²) in [5.41, 5.74) is 4.23. The van der Waals surface area contributed by atoms with Crippen molar-refractivity contribution in [3.63, 3.8) is 0 Å². The molecule has 2 aromatic carbocycles. The highest BCUT2D eigenvalue weighted by Crippen LogP contribution is 2.35. The second-order valence-corrected chi connectivity index (χ2v) is 7.10. The zero-order valence-corrected chi connectivity index (χ0v) is 15.8. The lowest BCUT2D eigenvalue weighted by atomic mass is 9.95. The van der Waals surface area contributed by atoms with Crippen molar-refractivity contribution in [2.75, 3.05) is 0 Å². The lowest BCUT2D eigenvalue weighted by Crippen LogP contribution is -2.21. The number of hydrogen-bond donors (Lipinski definition) is 2. The summed E-state index contributed by atoms with van der Waals surface area (Å²) in [5.74, 6) is 0.340. The van der Waals surface area contributed by atoms with Crippen LogP contribution in [0.25, 0.3) is 5.95 Å². The number of fused-ring (bicyclic) bond motifs is 1. The first kappa shape index (κ1) is 17.2. The second kappa shape index (κ2) is 6.63. The normalized spacial score (nSPS) is 15.8. The van der Waals surface area contributed by atoms with Crippen LogP contribution >= 0.6 is 0 Å². The van der Waals surface area contributed by atoms with Crippen molar-refractivity contribution in [1.82, 2.24) is 19.3 Å². The fraction of sp³-hybridized carbons (Fsp3) is 0.136. The van der Waals surface area contributed by atoms with E-state index < -0.39 is 0 Å². The van der Waals surface area contributed by atoms with E-state index in [-0.39, 0.29) is 23.8 Å². The molecule has 0 fully saturated rings. The molecule has 1 atom stereocenters. The van der Waals surface area contributed by atoms with Crippen LogP contribution < -0.4 is 0 Å². The maximum absolute atomic E-state index is 10.1. The van der Waals surface area contributed by atoms with Crippen LogP contribution in [0.15, 0.2) is 71.7 Å². The minimum Gasteiger partial charge on any atom is -0.494 e. The van der Waals surface area contributed by atoms with Gasteiger partial charge in [-0.3, -0.25) is 0 Å². The number of aromatic hydroxyl groups is 2. The molecule has 1 aliphatic heterocycles. The molecule has 2 aromatic heterocycles. The molecule has 1 aliphatic rings. The second-order valence-electron chi connectivity index (χ2n) is 7.10. The summed E-state index contributed by atoms with van der Waals surface area (Å²) in [6.07, 6.45) is 0.659. The summed E-state index contributed by atoms with van der Waals surface area (Å²) in [5, 5.41) is 24.7. The van der Waals surface area contributed by atoms with Gasteiger partial charge in [-0.05, 0) is 18.1 Å². The Kier molecular flexibility index (Phi) is 3.94. The number of aliphatic imine (C=N–C) groups is 1. The summed E-state index contributed by atoms with van der Waals surface area (Å²) in [4.78, 5) is 9.22. The van der Waals surface area contributed by atoms with Gasteiger partial charge in [-0.1, -0.05) is 60.2 Å². The van der Waals surface area contributed by atoms with Gasteiger partial charge in [0.2, 0.25) is 11.8 Å². The first-order valence-electron chi connectivity index (χ1n) is 9.36. The number of aromatic nitrogens is 4. The third-order valence-electron chi connectivity index (χ3n) is 5.13. The molecule has 0 aliphatic carbocycles. The predicted molar refractivity (Wildman–Crippen MR) is 109 cm³/mol. The van der Waals surface area contributed by atoms with Crippen LogP contribution in [0.4, 0.5) is 5.95 Å². The van der Waals surface area contributed by atoms with Crippen molar-refractivity contribution >= 4 is 11.7 Å². The number of benzene rings is 2. The molecule has 7 nitrogen and oxygen atoms in total. The monoisotopic (exact) mass is 385 g/mol. The Morgan fingerprint density at radius 2 is 1.59 bits per heavy atom. The van der Waals surface area contributed by atoms with Crippen molar-refractivity contribution in [2.45, 2.75) is 19.4 Å². The quantitative estimate of drug-likeness (QED) is 0.560. The van der Waals surface area contributed by atoms with Gasteiger partial charge in [-0.25, -0.2) is 14.2 Å². The SMILES string of the molecule is Cc1ccc(C2CC(c3ccccc3)=Nc3nc(-n4c(O)ccc4O)nn32)cc1. The fourth-order valence-electron chi connectivity index (χ4n) is 3.60. The third kappa shape index (κ3) is 2.97. The number of hydrogen-bond acceptors (Lipinski definition) is 5. The van der Waals surface area contributed by atoms with Gasteiger partial charge in [0.1, 0.15) is 0 Å². The van der Waals surface area contributed by atoms with Crippen LogP contribution in [0.2, 0.25) is 0 Å². The van der Waals surface area contributed by atoms with Crippen molar-refractivity contribution < 1.29 is 10.2 Å². The standard InChI is InChI=1S/C22H19N5O2/c1-14-7-9-16(10-8-14)18-13-17(15-5-3-2-4-6-15)23-21-24-22(25-27(18)21)26-19(28)11-12-20(26)29/h2-12,18,28-29H,13H2,1H3. The van der Waals surface area contributed by atoms with Crippen LogP contribution in [-0.2, 0) is 0 Å². The predicted octanol–water partition coefficient (Wildman–Crippen LogP) is 3.90. The molecule has 0 saturated carbocycles. The Bertz CT molecular complexity index is 1190. The van der Waals surface area contributed by atoms with Crippen LogP contribution in [0.3, 0.4) is 0 Å². The zero-order valence-electron chi connectivity index (χ0n) is 15.8. The number of aryl methyl sites for hydroxylation is 1. The average molecular weight is 385 g/mol. The molecule has 2 N–H and O–H groups in total. The fourth-order valence-corrected chi connectivity index (χ4v) is 3.60. The molecule has 0 spiro atoms. The minimum absolute atomic E-state index is 0.0978. The molecule has 7 heteroatoms. The van der Waals surface area contributed by atoms with Gasteiger partial charge in [0.25, 0.3) is 11.9 Å². The van der Waals surface area contributed by atoms with Crippen molar-refractivity contribution in [1.29, 1.82) is 0 Å². The third-order valence-corrected chi connectivity index (χ3v) is 5.13. The molecule has 3 heterocycles. The van der Waals surface area contributed by atoms with Crippen LogP contribution in [-0.4, -0.2) is 35.3 Å². The minimum atomic E-state index is -0.135. The molecular weight excluding hydrogens is 366 g/mol. The van der Waals surface area contributed by atoms with E-state index in [1.54, 1.807) is 4.68 Å². The molecule has 29 heavy (non-hydrogen) atoms. The van der Waals surface area contributed by atoms with Gasteiger partial charge in [-0.15, -0.1) is 5.10 Å². The van der Waals surface area contributed by atoms with E-state index in [9.17, 15) is 10.2 Å². The van der Waals surface area contributed by atoms with Gasteiger partial charge >= 0.3 is 0 Å². The molecular formula is C22H19N5O2. The maximum atomic E-state index is 10.1. The van der Waals surface area contributed by atoms with E-state index in [1.165, 1.54) is 22.3 Å². The summed E-state index contributed by atoms with van der Waals surface area (Å²) < 4.78 is 2.94.